The number of nitrogens with zero attached hydrogens (tertiary/aromatic N) is 1. The normalized spacial score (nSPS) is 23.2. The summed E-state index contributed by atoms with van der Waals surface area (Å²) in [7, 11) is -3.72. The van der Waals surface area contributed by atoms with Crippen LogP contribution in [-0.2, 0) is 10.0 Å². The number of hydrogen-bond donors (Lipinski definition) is 3. The van der Waals surface area contributed by atoms with Gasteiger partial charge in [0.05, 0.1) is 15.8 Å². The molecule has 2 atom stereocenters. The lowest BCUT2D eigenvalue weighted by molar-refractivity contribution is 0.247. The van der Waals surface area contributed by atoms with Gasteiger partial charge in [-0.15, -0.1) is 0 Å². The zero-order valence-electron chi connectivity index (χ0n) is 12.6. The second kappa shape index (κ2) is 5.59. The Morgan fingerprint density at radius 3 is 2.70 bits per heavy atom. The molecule has 124 valence electrons. The first-order valence-electron chi connectivity index (χ1n) is 7.33. The first kappa shape index (κ1) is 15.9. The monoisotopic (exact) mass is 338 g/mol. The summed E-state index contributed by atoms with van der Waals surface area (Å²) in [5.74, 6) is 0. The zero-order valence-corrected chi connectivity index (χ0v) is 13.4. The third kappa shape index (κ3) is 2.82. The molecule has 0 bridgehead atoms. The number of benzene rings is 1. The van der Waals surface area contributed by atoms with Crippen molar-refractivity contribution in [2.75, 3.05) is 6.54 Å². The van der Waals surface area contributed by atoms with E-state index < -0.39 is 21.3 Å². The summed E-state index contributed by atoms with van der Waals surface area (Å²) in [5.41, 5.74) is 4.93. The van der Waals surface area contributed by atoms with Gasteiger partial charge in [-0.2, -0.15) is 4.31 Å². The molecule has 1 aliphatic rings. The molecular weight excluding hydrogens is 320 g/mol. The molecule has 0 aliphatic carbocycles. The summed E-state index contributed by atoms with van der Waals surface area (Å²) in [6.07, 6.45) is 1.20. The molecule has 0 unspecified atom stereocenters. The highest BCUT2D eigenvalue weighted by molar-refractivity contribution is 7.89. The van der Waals surface area contributed by atoms with Crippen LogP contribution < -0.4 is 17.0 Å². The predicted octanol–water partition coefficient (Wildman–Crippen LogP) is -0.283. The highest BCUT2D eigenvalue weighted by atomic mass is 32.2. The molecule has 0 saturated carbocycles. The third-order valence-electron chi connectivity index (χ3n) is 4.17. The molecule has 0 spiro atoms. The number of rotatable bonds is 2. The Labute approximate surface area is 132 Å². The van der Waals surface area contributed by atoms with Gasteiger partial charge in [0.25, 0.3) is 5.56 Å². The standard InChI is InChI=1S/C14H18N4O4S/c1-8-6-9(15)4-5-18(8)23(21,22)10-2-3-12-11(7-10)13(19)17-14(20)16-12/h2-3,7-9H,4-6,15H2,1H3,(H2,16,17,19,20)/t8-,9-/m1/s1. The van der Waals surface area contributed by atoms with Gasteiger partial charge in [-0.05, 0) is 38.0 Å². The average molecular weight is 338 g/mol. The smallest absolute Gasteiger partial charge is 0.326 e. The van der Waals surface area contributed by atoms with E-state index in [1.165, 1.54) is 22.5 Å². The number of aromatic nitrogens is 2. The van der Waals surface area contributed by atoms with E-state index in [0.29, 0.717) is 24.9 Å². The van der Waals surface area contributed by atoms with E-state index in [1.807, 2.05) is 6.92 Å². The van der Waals surface area contributed by atoms with Gasteiger partial charge in [0.2, 0.25) is 10.0 Å². The molecule has 3 rings (SSSR count). The molecule has 0 amide bonds. The van der Waals surface area contributed by atoms with Crippen molar-refractivity contribution in [3.8, 4) is 0 Å². The van der Waals surface area contributed by atoms with Crippen molar-refractivity contribution in [2.45, 2.75) is 36.7 Å². The summed E-state index contributed by atoms with van der Waals surface area (Å²) in [4.78, 5) is 27.7. The van der Waals surface area contributed by atoms with E-state index in [2.05, 4.69) is 9.97 Å². The summed E-state index contributed by atoms with van der Waals surface area (Å²) >= 11 is 0. The van der Waals surface area contributed by atoms with E-state index in [4.69, 9.17) is 5.73 Å². The van der Waals surface area contributed by atoms with Crippen LogP contribution in [-0.4, -0.2) is 41.3 Å². The van der Waals surface area contributed by atoms with E-state index in [0.717, 1.165) is 0 Å². The fraction of sp³-hybridized carbons (Fsp3) is 0.429. The number of sulfonamides is 1. The maximum absolute atomic E-state index is 12.8. The molecule has 2 aromatic rings. The summed E-state index contributed by atoms with van der Waals surface area (Å²) in [5, 5.41) is 0.132. The van der Waals surface area contributed by atoms with Gasteiger partial charge < -0.3 is 10.7 Å². The Bertz CT molecular complexity index is 963. The molecule has 1 fully saturated rings. The van der Waals surface area contributed by atoms with E-state index in [-0.39, 0.29) is 22.4 Å². The van der Waals surface area contributed by atoms with Gasteiger partial charge >= 0.3 is 5.69 Å². The maximum atomic E-state index is 12.8. The summed E-state index contributed by atoms with van der Waals surface area (Å²) in [6.45, 7) is 2.17. The Morgan fingerprint density at radius 2 is 2.00 bits per heavy atom. The van der Waals surface area contributed by atoms with Crippen LogP contribution in [0.3, 0.4) is 0 Å². The topological polar surface area (TPSA) is 129 Å². The summed E-state index contributed by atoms with van der Waals surface area (Å²) < 4.78 is 27.1. The second-order valence-electron chi connectivity index (χ2n) is 5.86. The second-order valence-corrected chi connectivity index (χ2v) is 7.76. The first-order chi connectivity index (χ1) is 10.8. The Hall–Kier alpha value is -1.97. The van der Waals surface area contributed by atoms with Gasteiger partial charge in [-0.1, -0.05) is 0 Å². The van der Waals surface area contributed by atoms with Gasteiger partial charge in [0, 0.05) is 18.6 Å². The Kier molecular flexibility index (Phi) is 3.86. The van der Waals surface area contributed by atoms with Crippen molar-refractivity contribution < 1.29 is 8.42 Å². The third-order valence-corrected chi connectivity index (χ3v) is 6.18. The SMILES string of the molecule is C[C@@H]1C[C@H](N)CCN1S(=O)(=O)c1ccc2[nH]c(=O)[nH]c(=O)c2c1. The molecule has 9 heteroatoms. The minimum atomic E-state index is -3.72. The minimum Gasteiger partial charge on any atom is -0.328 e. The molecule has 4 N–H and O–H groups in total. The highest BCUT2D eigenvalue weighted by Gasteiger charge is 2.33. The highest BCUT2D eigenvalue weighted by Crippen LogP contribution is 2.25. The predicted molar refractivity (Wildman–Crippen MR) is 85.8 cm³/mol. The molecule has 1 aliphatic heterocycles. The number of nitrogens with one attached hydrogen (secondary N) is 2. The quantitative estimate of drug-likeness (QED) is 0.693. The maximum Gasteiger partial charge on any atom is 0.326 e. The molecular formula is C14H18N4O4S. The summed E-state index contributed by atoms with van der Waals surface area (Å²) in [6, 6.07) is 3.92. The molecule has 0 radical (unpaired) electrons. The average Bonchev–Trinajstić information content (AvgIpc) is 2.46. The van der Waals surface area contributed by atoms with E-state index >= 15 is 0 Å². The van der Waals surface area contributed by atoms with Crippen molar-refractivity contribution in [3.63, 3.8) is 0 Å². The number of piperidine rings is 1. The fourth-order valence-electron chi connectivity index (χ4n) is 2.98. The van der Waals surface area contributed by atoms with Crippen LogP contribution in [0.25, 0.3) is 10.9 Å². The van der Waals surface area contributed by atoms with Crippen molar-refractivity contribution >= 4 is 20.9 Å². The molecule has 23 heavy (non-hydrogen) atoms. The van der Waals surface area contributed by atoms with Crippen LogP contribution >= 0.6 is 0 Å². The molecule has 1 saturated heterocycles. The van der Waals surface area contributed by atoms with Gasteiger partial charge in [-0.3, -0.25) is 9.78 Å². The number of aromatic amines is 2. The van der Waals surface area contributed by atoms with Crippen molar-refractivity contribution in [1.29, 1.82) is 0 Å². The Morgan fingerprint density at radius 1 is 1.26 bits per heavy atom. The lowest BCUT2D eigenvalue weighted by Gasteiger charge is -2.35. The van der Waals surface area contributed by atoms with Crippen LogP contribution in [0.1, 0.15) is 19.8 Å². The van der Waals surface area contributed by atoms with Crippen molar-refractivity contribution in [2.24, 2.45) is 5.73 Å². The first-order valence-corrected chi connectivity index (χ1v) is 8.77. The fourth-order valence-corrected chi connectivity index (χ4v) is 4.67. The molecule has 8 nitrogen and oxygen atoms in total. The lowest BCUT2D eigenvalue weighted by Crippen LogP contribution is -2.48. The lowest BCUT2D eigenvalue weighted by atomic mass is 10.0. The molecule has 1 aromatic heterocycles. The van der Waals surface area contributed by atoms with E-state index in [1.54, 1.807) is 0 Å². The van der Waals surface area contributed by atoms with Crippen LogP contribution in [0.2, 0.25) is 0 Å². The number of H-pyrrole nitrogens is 2. The number of hydrogen-bond acceptors (Lipinski definition) is 5. The zero-order chi connectivity index (χ0) is 16.8. The van der Waals surface area contributed by atoms with Gasteiger partial charge in [0.1, 0.15) is 0 Å². The van der Waals surface area contributed by atoms with Crippen LogP contribution in [0.15, 0.2) is 32.7 Å². The van der Waals surface area contributed by atoms with Crippen molar-refractivity contribution in [3.05, 3.63) is 39.0 Å². The van der Waals surface area contributed by atoms with Crippen LogP contribution in [0, 0.1) is 0 Å². The largest absolute Gasteiger partial charge is 0.328 e. The molecule has 2 heterocycles. The number of fused-ring (bicyclic) bond motifs is 1. The Balaban J connectivity index is 2.08. The van der Waals surface area contributed by atoms with E-state index in [9.17, 15) is 18.0 Å². The van der Waals surface area contributed by atoms with Crippen LogP contribution in [0.4, 0.5) is 0 Å². The van der Waals surface area contributed by atoms with Crippen molar-refractivity contribution in [1.82, 2.24) is 14.3 Å². The molecule has 1 aromatic carbocycles. The minimum absolute atomic E-state index is 0.000901. The van der Waals surface area contributed by atoms with Gasteiger partial charge in [-0.25, -0.2) is 13.2 Å². The number of nitrogens with two attached hydrogens (primary N) is 1. The van der Waals surface area contributed by atoms with Gasteiger partial charge in [0.15, 0.2) is 0 Å². The van der Waals surface area contributed by atoms with Crippen LogP contribution in [0.5, 0.6) is 0 Å².